The number of aromatic nitrogens is 1. The highest BCUT2D eigenvalue weighted by molar-refractivity contribution is 7.91. The maximum Gasteiger partial charge on any atom is 0.513 e. The summed E-state index contributed by atoms with van der Waals surface area (Å²) in [5.74, 6) is -3.65. The third-order valence-corrected chi connectivity index (χ3v) is 15.1. The van der Waals surface area contributed by atoms with E-state index in [2.05, 4.69) is 20.3 Å². The van der Waals surface area contributed by atoms with Crippen molar-refractivity contribution in [1.29, 1.82) is 0 Å². The highest BCUT2D eigenvalue weighted by Gasteiger charge is 2.63. The van der Waals surface area contributed by atoms with Crippen molar-refractivity contribution in [3.8, 4) is 17.0 Å². The summed E-state index contributed by atoms with van der Waals surface area (Å²) < 4.78 is 44.1. The minimum absolute atomic E-state index is 0.0771. The monoisotopic (exact) mass is 958 g/mol. The first-order valence-electron chi connectivity index (χ1n) is 22.2. The Bertz CT molecular complexity index is 2340. The predicted octanol–water partition coefficient (Wildman–Crippen LogP) is 6.07. The molecule has 20 heteroatoms. The van der Waals surface area contributed by atoms with E-state index in [0.717, 1.165) is 24.2 Å². The van der Waals surface area contributed by atoms with Crippen LogP contribution in [0.5, 0.6) is 5.75 Å². The number of ether oxygens (including phenoxy) is 3. The lowest BCUT2D eigenvalue weighted by atomic mass is 9.93. The molecule has 5 amide bonds. The Labute approximate surface area is 388 Å². The molecule has 3 N–H and O–H groups in total. The SMILES string of the molecule is CC(C)(C)COC(=O)N[C@H]1CCCCC/C=C\[C@@H]2C[C@]2(C(=O)NS(=O)(=O)C2CC2)NC(=O)[C@@H]2[C@H]3CN(C(=O)c4nc(-c5ccc(OC(=O)OCC(C)(C)C)c(Cl)c5)cs4)C[C@H]3CN2C1=O. The van der Waals surface area contributed by atoms with E-state index < -0.39 is 74.7 Å². The first-order chi connectivity index (χ1) is 30.5. The number of carbonyl (C=O) groups excluding carboxylic acids is 6. The molecule has 3 aliphatic heterocycles. The van der Waals surface area contributed by atoms with Gasteiger partial charge < -0.3 is 34.6 Å². The summed E-state index contributed by atoms with van der Waals surface area (Å²) in [5.41, 5.74) is -1.11. The van der Waals surface area contributed by atoms with E-state index in [1.807, 2.05) is 53.7 Å². The van der Waals surface area contributed by atoms with E-state index >= 15 is 0 Å². The number of halogens is 1. The van der Waals surface area contributed by atoms with Gasteiger partial charge in [0.2, 0.25) is 21.8 Å². The van der Waals surface area contributed by atoms with Gasteiger partial charge in [-0.1, -0.05) is 78.1 Å². The first-order valence-corrected chi connectivity index (χ1v) is 25.0. The molecule has 2 aliphatic carbocycles. The van der Waals surface area contributed by atoms with Crippen LogP contribution in [0.2, 0.25) is 5.02 Å². The van der Waals surface area contributed by atoms with Crippen LogP contribution in [-0.4, -0.2) is 115 Å². The number of thiazole rings is 1. The van der Waals surface area contributed by atoms with Crippen LogP contribution in [0.15, 0.2) is 35.7 Å². The topological polar surface area (TPSA) is 220 Å². The zero-order chi connectivity index (χ0) is 47.1. The summed E-state index contributed by atoms with van der Waals surface area (Å²) in [6.45, 7) is 12.1. The normalized spacial score (nSPS) is 26.6. The molecule has 65 heavy (non-hydrogen) atoms. The third-order valence-electron chi connectivity index (χ3n) is 12.2. The molecule has 0 radical (unpaired) electrons. The Morgan fingerprint density at radius 3 is 2.38 bits per heavy atom. The fourth-order valence-electron chi connectivity index (χ4n) is 8.48. The number of sulfonamides is 1. The van der Waals surface area contributed by atoms with E-state index in [4.69, 9.17) is 25.8 Å². The van der Waals surface area contributed by atoms with Crippen LogP contribution >= 0.6 is 22.9 Å². The van der Waals surface area contributed by atoms with Crippen molar-refractivity contribution in [3.05, 3.63) is 45.8 Å². The molecule has 2 aromatic rings. The molecule has 0 spiro atoms. The summed E-state index contributed by atoms with van der Waals surface area (Å²) in [6, 6.07) is 2.55. The van der Waals surface area contributed by atoms with E-state index in [1.54, 1.807) is 22.4 Å². The Hall–Kier alpha value is -4.75. The molecule has 1 aromatic heterocycles. The summed E-state index contributed by atoms with van der Waals surface area (Å²) in [5, 5.41) is 7.03. The minimum atomic E-state index is -3.95. The lowest BCUT2D eigenvalue weighted by Crippen LogP contribution is -2.60. The molecule has 6 atom stereocenters. The number of amides is 5. The molecule has 17 nitrogen and oxygen atoms in total. The van der Waals surface area contributed by atoms with Crippen LogP contribution in [0.25, 0.3) is 11.3 Å². The Morgan fingerprint density at radius 2 is 1.69 bits per heavy atom. The van der Waals surface area contributed by atoms with Gasteiger partial charge in [-0.3, -0.25) is 23.9 Å². The van der Waals surface area contributed by atoms with Crippen LogP contribution < -0.4 is 20.1 Å². The van der Waals surface area contributed by atoms with Crippen LogP contribution in [-0.2, 0) is 33.9 Å². The molecule has 1 aromatic carbocycles. The second-order valence-electron chi connectivity index (χ2n) is 20.3. The van der Waals surface area contributed by atoms with Crippen LogP contribution in [0, 0.1) is 28.6 Å². The van der Waals surface area contributed by atoms with Gasteiger partial charge in [-0.25, -0.2) is 23.0 Å². The zero-order valence-electron chi connectivity index (χ0n) is 37.6. The minimum Gasteiger partial charge on any atom is -0.449 e. The number of allylic oxidation sites excluding steroid dienone is 1. The number of rotatable bonds is 9. The standard InChI is InChI=1S/C45H59ClN6O11S2/c1-43(2,3)24-61-41(57)48-32-13-11-9-7-8-10-12-28-19-45(28,40(56)50-65(59,60)29-15-16-29)49-36(53)35-30-22-51(20-27(30)21-52(35)38(32)54)39(55)37-47-33(23-64-37)26-14-17-34(31(46)18-26)63-42(58)62-25-44(4,5)6/h10,12,14,17-18,23,27-30,32,35H,7-9,11,13,15-16,19-22,24-25H2,1-6H3,(H,48,57)(H,49,53)(H,50,56)/b12-10-/t27-,28+,30-,32-,35-,45-/m0/s1. The summed E-state index contributed by atoms with van der Waals surface area (Å²) >= 11 is 7.60. The van der Waals surface area contributed by atoms with Crippen molar-refractivity contribution in [2.75, 3.05) is 32.8 Å². The number of alkyl carbamates (subject to hydrolysis) is 1. The smallest absolute Gasteiger partial charge is 0.449 e. The Kier molecular flexibility index (Phi) is 14.0. The second-order valence-corrected chi connectivity index (χ2v) is 23.5. The van der Waals surface area contributed by atoms with Crippen molar-refractivity contribution in [2.45, 2.75) is 116 Å². The van der Waals surface area contributed by atoms with Gasteiger partial charge in [-0.2, -0.15) is 0 Å². The number of nitrogens with zero attached hydrogens (tertiary/aromatic N) is 3. The number of hydrogen-bond donors (Lipinski definition) is 3. The number of hydrogen-bond acceptors (Lipinski definition) is 13. The first kappa shape index (κ1) is 48.2. The van der Waals surface area contributed by atoms with Crippen molar-refractivity contribution in [1.82, 2.24) is 30.1 Å². The summed E-state index contributed by atoms with van der Waals surface area (Å²) in [6.07, 6.45) is 6.26. The Morgan fingerprint density at radius 1 is 0.969 bits per heavy atom. The van der Waals surface area contributed by atoms with Gasteiger partial charge in [-0.05, 0) is 67.6 Å². The van der Waals surface area contributed by atoms with E-state index in [1.165, 1.54) is 11.0 Å². The summed E-state index contributed by atoms with van der Waals surface area (Å²) in [4.78, 5) is 90.5. The highest BCUT2D eigenvalue weighted by Crippen LogP contribution is 2.47. The van der Waals surface area contributed by atoms with Crippen molar-refractivity contribution in [2.24, 2.45) is 28.6 Å². The largest absolute Gasteiger partial charge is 0.513 e. The number of carbonyl (C=O) groups is 6. The van der Waals surface area contributed by atoms with Crippen LogP contribution in [0.3, 0.4) is 0 Å². The fourth-order valence-corrected chi connectivity index (χ4v) is 10.9. The number of likely N-dealkylation sites (tertiary alicyclic amines) is 1. The van der Waals surface area contributed by atoms with E-state index in [-0.39, 0.29) is 77.7 Å². The van der Waals surface area contributed by atoms with E-state index in [0.29, 0.717) is 43.4 Å². The molecule has 4 fully saturated rings. The molecule has 354 valence electrons. The molecule has 2 saturated carbocycles. The predicted molar refractivity (Wildman–Crippen MR) is 241 cm³/mol. The molecule has 0 unspecified atom stereocenters. The van der Waals surface area contributed by atoms with Crippen molar-refractivity contribution < 1.29 is 51.4 Å². The number of nitrogens with one attached hydrogen (secondary N) is 3. The Balaban J connectivity index is 1.11. The lowest BCUT2D eigenvalue weighted by molar-refractivity contribution is -0.142. The van der Waals surface area contributed by atoms with E-state index in [9.17, 15) is 37.2 Å². The van der Waals surface area contributed by atoms with Gasteiger partial charge in [0.1, 0.15) is 17.6 Å². The van der Waals surface area contributed by atoms with Crippen LogP contribution in [0.4, 0.5) is 9.59 Å². The van der Waals surface area contributed by atoms with Gasteiger partial charge in [0.05, 0.1) is 29.2 Å². The maximum atomic E-state index is 14.8. The zero-order valence-corrected chi connectivity index (χ0v) is 40.0. The molecular formula is C45H59ClN6O11S2. The van der Waals surface area contributed by atoms with Gasteiger partial charge in [0.15, 0.2) is 10.8 Å². The van der Waals surface area contributed by atoms with Crippen molar-refractivity contribution in [3.63, 3.8) is 0 Å². The molecular weight excluding hydrogens is 900 g/mol. The lowest BCUT2D eigenvalue weighted by Gasteiger charge is -2.33. The molecule has 5 aliphatic rings. The van der Waals surface area contributed by atoms with Gasteiger partial charge in [0, 0.05) is 48.3 Å². The van der Waals surface area contributed by atoms with Crippen LogP contribution in [0.1, 0.15) is 103 Å². The van der Waals surface area contributed by atoms with Gasteiger partial charge >= 0.3 is 12.2 Å². The van der Waals surface area contributed by atoms with Gasteiger partial charge in [-0.15, -0.1) is 11.3 Å². The van der Waals surface area contributed by atoms with Crippen molar-refractivity contribution >= 4 is 68.8 Å². The third kappa shape index (κ3) is 11.6. The quantitative estimate of drug-likeness (QED) is 0.148. The maximum absolute atomic E-state index is 14.8. The number of fused-ring (bicyclic) bond motifs is 4. The average molecular weight is 960 g/mol. The highest BCUT2D eigenvalue weighted by atomic mass is 35.5. The molecule has 0 bridgehead atoms. The summed E-state index contributed by atoms with van der Waals surface area (Å²) in [7, 11) is -3.95. The molecule has 2 saturated heterocycles. The van der Waals surface area contributed by atoms with Gasteiger partial charge in [0.25, 0.3) is 11.8 Å². The number of benzene rings is 1. The second kappa shape index (κ2) is 18.9. The molecule has 7 rings (SSSR count). The fraction of sp³-hybridized carbons (Fsp3) is 0.622. The average Bonchev–Trinajstić information content (AvgIpc) is 4.05. The molecule has 4 heterocycles.